The van der Waals surface area contributed by atoms with E-state index in [2.05, 4.69) is 10.6 Å². The van der Waals surface area contributed by atoms with E-state index >= 15 is 0 Å². The molecular weight excluding hydrogens is 349 g/mol. The maximum Gasteiger partial charge on any atom is 0.248 e. The number of amides is 3. The molecule has 0 unspecified atom stereocenters. The molecule has 2 N–H and O–H groups in total. The third-order valence-corrected chi connectivity index (χ3v) is 4.94. The predicted octanol–water partition coefficient (Wildman–Crippen LogP) is 2.13. The molecule has 0 radical (unpaired) electrons. The third kappa shape index (κ3) is 5.77. The van der Waals surface area contributed by atoms with Crippen LogP contribution in [0.2, 0.25) is 0 Å². The smallest absolute Gasteiger partial charge is 0.248 e. The molecule has 1 saturated carbocycles. The van der Waals surface area contributed by atoms with E-state index in [1.54, 1.807) is 12.1 Å². The number of benzene rings is 1. The molecule has 2 rings (SSSR count). The first-order chi connectivity index (χ1) is 12.9. The van der Waals surface area contributed by atoms with Gasteiger partial charge in [-0.2, -0.15) is 0 Å². The third-order valence-electron chi connectivity index (χ3n) is 4.94. The summed E-state index contributed by atoms with van der Waals surface area (Å²) < 4.78 is 12.9. The number of rotatable bonds is 7. The van der Waals surface area contributed by atoms with Crippen molar-refractivity contribution in [2.45, 2.75) is 58.0 Å². The van der Waals surface area contributed by atoms with E-state index in [1.807, 2.05) is 6.92 Å². The second-order valence-electron chi connectivity index (χ2n) is 7.05. The van der Waals surface area contributed by atoms with Crippen molar-refractivity contribution >= 4 is 17.7 Å². The van der Waals surface area contributed by atoms with Gasteiger partial charge in [0, 0.05) is 20.0 Å². The Morgan fingerprint density at radius 2 is 1.74 bits per heavy atom. The minimum absolute atomic E-state index is 0.0716. The van der Waals surface area contributed by atoms with Crippen LogP contribution in [-0.4, -0.2) is 41.2 Å². The number of nitrogens with zero attached hydrogens (tertiary/aromatic N) is 1. The number of carbonyl (C=O) groups is 3. The lowest BCUT2D eigenvalue weighted by atomic mass is 9.80. The highest BCUT2D eigenvalue weighted by Crippen LogP contribution is 2.30. The summed E-state index contributed by atoms with van der Waals surface area (Å²) in [6, 6.07) is 5.88. The quantitative estimate of drug-likeness (QED) is 0.764. The summed E-state index contributed by atoms with van der Waals surface area (Å²) in [4.78, 5) is 38.6. The number of carbonyl (C=O) groups excluding carboxylic acids is 3. The van der Waals surface area contributed by atoms with Crippen molar-refractivity contribution in [3.63, 3.8) is 0 Å². The van der Waals surface area contributed by atoms with Crippen molar-refractivity contribution in [1.82, 2.24) is 15.5 Å². The molecule has 0 aromatic heterocycles. The average Bonchev–Trinajstić information content (AvgIpc) is 2.65. The van der Waals surface area contributed by atoms with Crippen LogP contribution in [-0.2, 0) is 20.9 Å². The molecule has 6 nitrogen and oxygen atoms in total. The molecule has 0 bridgehead atoms. The largest absolute Gasteiger partial charge is 0.350 e. The van der Waals surface area contributed by atoms with Gasteiger partial charge in [0.2, 0.25) is 17.7 Å². The van der Waals surface area contributed by atoms with Gasteiger partial charge in [-0.15, -0.1) is 0 Å². The van der Waals surface area contributed by atoms with E-state index in [0.29, 0.717) is 19.4 Å². The fraction of sp³-hybridized carbons (Fsp3) is 0.550. The summed E-state index contributed by atoms with van der Waals surface area (Å²) in [6.07, 6.45) is 3.98. The van der Waals surface area contributed by atoms with Crippen molar-refractivity contribution in [3.05, 3.63) is 35.6 Å². The van der Waals surface area contributed by atoms with Crippen LogP contribution in [0.3, 0.4) is 0 Å². The number of likely N-dealkylation sites (N-methyl/N-ethyl adjacent to an activating group) is 1. The van der Waals surface area contributed by atoms with Crippen LogP contribution >= 0.6 is 0 Å². The van der Waals surface area contributed by atoms with Gasteiger partial charge in [-0.1, -0.05) is 31.4 Å². The molecule has 7 heteroatoms. The van der Waals surface area contributed by atoms with Crippen LogP contribution in [0.4, 0.5) is 4.39 Å². The van der Waals surface area contributed by atoms with Gasteiger partial charge in [-0.25, -0.2) is 4.39 Å². The fourth-order valence-corrected chi connectivity index (χ4v) is 3.55. The van der Waals surface area contributed by atoms with E-state index in [0.717, 1.165) is 24.8 Å². The first-order valence-corrected chi connectivity index (χ1v) is 9.45. The zero-order valence-corrected chi connectivity index (χ0v) is 16.0. The summed E-state index contributed by atoms with van der Waals surface area (Å²) in [7, 11) is 0. The van der Waals surface area contributed by atoms with E-state index in [9.17, 15) is 18.8 Å². The Morgan fingerprint density at radius 3 is 2.30 bits per heavy atom. The van der Waals surface area contributed by atoms with E-state index in [-0.39, 0.29) is 36.6 Å². The SMILES string of the molecule is CCN(CC(=O)NCc1ccc(F)cc1)C(=O)C1(NC(C)=O)CCCCC1. The molecule has 1 fully saturated rings. The Balaban J connectivity index is 1.98. The Bertz CT molecular complexity index is 670. The molecule has 0 spiro atoms. The molecule has 0 saturated heterocycles. The molecule has 3 amide bonds. The van der Waals surface area contributed by atoms with Crippen LogP contribution < -0.4 is 10.6 Å². The van der Waals surface area contributed by atoms with Gasteiger partial charge < -0.3 is 15.5 Å². The van der Waals surface area contributed by atoms with Crippen LogP contribution in [0.5, 0.6) is 0 Å². The zero-order valence-electron chi connectivity index (χ0n) is 16.0. The molecule has 1 aromatic carbocycles. The molecule has 27 heavy (non-hydrogen) atoms. The zero-order chi connectivity index (χ0) is 19.9. The van der Waals surface area contributed by atoms with Gasteiger partial charge >= 0.3 is 0 Å². The first-order valence-electron chi connectivity index (χ1n) is 9.45. The minimum Gasteiger partial charge on any atom is -0.350 e. The lowest BCUT2D eigenvalue weighted by molar-refractivity contribution is -0.145. The molecule has 0 heterocycles. The highest BCUT2D eigenvalue weighted by Gasteiger charge is 2.42. The number of halogens is 1. The van der Waals surface area contributed by atoms with Gasteiger partial charge in [0.05, 0.1) is 6.54 Å². The van der Waals surface area contributed by atoms with Gasteiger partial charge in [0.1, 0.15) is 11.4 Å². The average molecular weight is 377 g/mol. The van der Waals surface area contributed by atoms with Crippen molar-refractivity contribution in [2.24, 2.45) is 0 Å². The van der Waals surface area contributed by atoms with Crippen molar-refractivity contribution in [2.75, 3.05) is 13.1 Å². The van der Waals surface area contributed by atoms with Crippen molar-refractivity contribution in [1.29, 1.82) is 0 Å². The Labute approximate surface area is 159 Å². The highest BCUT2D eigenvalue weighted by molar-refractivity contribution is 5.93. The Hall–Kier alpha value is -2.44. The molecule has 148 valence electrons. The summed E-state index contributed by atoms with van der Waals surface area (Å²) in [5.74, 6) is -1.05. The molecule has 1 aliphatic carbocycles. The van der Waals surface area contributed by atoms with Gasteiger partial charge in [-0.05, 0) is 37.5 Å². The molecule has 1 aliphatic rings. The van der Waals surface area contributed by atoms with Crippen molar-refractivity contribution < 1.29 is 18.8 Å². The van der Waals surface area contributed by atoms with Crippen LogP contribution in [0.15, 0.2) is 24.3 Å². The summed E-state index contributed by atoms with van der Waals surface area (Å²) in [6.45, 7) is 3.80. The summed E-state index contributed by atoms with van der Waals surface area (Å²) >= 11 is 0. The number of nitrogens with one attached hydrogen (secondary N) is 2. The van der Waals surface area contributed by atoms with Crippen LogP contribution in [0.25, 0.3) is 0 Å². The standard InChI is InChI=1S/C20H28FN3O3/c1-3-24(14-18(26)22-13-16-7-9-17(21)10-8-16)19(27)20(23-15(2)25)11-5-4-6-12-20/h7-10H,3-6,11-14H2,1-2H3,(H,22,26)(H,23,25). The maximum atomic E-state index is 13.1. The summed E-state index contributed by atoms with van der Waals surface area (Å²) in [5, 5.41) is 5.60. The lowest BCUT2D eigenvalue weighted by Crippen LogP contribution is -2.61. The Morgan fingerprint density at radius 1 is 1.11 bits per heavy atom. The number of hydrogen-bond donors (Lipinski definition) is 2. The molecule has 0 atom stereocenters. The second-order valence-corrected chi connectivity index (χ2v) is 7.05. The molecule has 1 aromatic rings. The lowest BCUT2D eigenvalue weighted by Gasteiger charge is -2.39. The maximum absolute atomic E-state index is 13.1. The number of hydrogen-bond acceptors (Lipinski definition) is 3. The summed E-state index contributed by atoms with van der Waals surface area (Å²) in [5.41, 5.74) is -0.127. The van der Waals surface area contributed by atoms with Gasteiger partial charge in [0.15, 0.2) is 0 Å². The second kappa shape index (κ2) is 9.48. The van der Waals surface area contributed by atoms with Gasteiger partial charge in [0.25, 0.3) is 0 Å². The van der Waals surface area contributed by atoms with Crippen LogP contribution in [0.1, 0.15) is 51.5 Å². The monoisotopic (exact) mass is 377 g/mol. The topological polar surface area (TPSA) is 78.5 Å². The normalized spacial score (nSPS) is 15.7. The minimum atomic E-state index is -0.905. The van der Waals surface area contributed by atoms with Crippen LogP contribution in [0, 0.1) is 5.82 Å². The van der Waals surface area contributed by atoms with E-state index in [1.165, 1.54) is 24.0 Å². The molecule has 0 aliphatic heterocycles. The molecular formula is C20H28FN3O3. The van der Waals surface area contributed by atoms with E-state index in [4.69, 9.17) is 0 Å². The van der Waals surface area contributed by atoms with Gasteiger partial charge in [-0.3, -0.25) is 14.4 Å². The van der Waals surface area contributed by atoms with Crippen molar-refractivity contribution in [3.8, 4) is 0 Å². The fourth-order valence-electron chi connectivity index (χ4n) is 3.55. The highest BCUT2D eigenvalue weighted by atomic mass is 19.1. The predicted molar refractivity (Wildman–Crippen MR) is 100 cm³/mol. The Kier molecular flexibility index (Phi) is 7.33. The first kappa shape index (κ1) is 20.9. The van der Waals surface area contributed by atoms with E-state index < -0.39 is 5.54 Å².